The van der Waals surface area contributed by atoms with E-state index in [0.29, 0.717) is 15.7 Å². The third-order valence-electron chi connectivity index (χ3n) is 4.56. The quantitative estimate of drug-likeness (QED) is 0.423. The van der Waals surface area contributed by atoms with Gasteiger partial charge in [0.05, 0.1) is 33.3 Å². The zero-order valence-corrected chi connectivity index (χ0v) is 17.4. The first kappa shape index (κ1) is 20.1. The fourth-order valence-electron chi connectivity index (χ4n) is 3.10. The van der Waals surface area contributed by atoms with Crippen molar-refractivity contribution in [2.45, 2.75) is 12.5 Å². The van der Waals surface area contributed by atoms with Crippen LogP contribution in [0, 0.1) is 0 Å². The topological polar surface area (TPSA) is 71.1 Å². The van der Waals surface area contributed by atoms with Gasteiger partial charge in [-0.25, -0.2) is 4.98 Å². The first-order valence-electron chi connectivity index (χ1n) is 9.36. The molecule has 0 unspecified atom stereocenters. The lowest BCUT2D eigenvalue weighted by Crippen LogP contribution is -2.31. The van der Waals surface area contributed by atoms with E-state index in [0.717, 1.165) is 15.8 Å². The molecule has 2 N–H and O–H groups in total. The Balaban J connectivity index is 1.51. The van der Waals surface area contributed by atoms with Crippen molar-refractivity contribution in [2.75, 3.05) is 5.32 Å². The van der Waals surface area contributed by atoms with E-state index in [-0.39, 0.29) is 18.2 Å². The summed E-state index contributed by atoms with van der Waals surface area (Å²) in [5.74, 6) is -0.565. The minimum absolute atomic E-state index is 0.0656. The largest absolute Gasteiger partial charge is 0.345 e. The Kier molecular flexibility index (Phi) is 6.07. The van der Waals surface area contributed by atoms with Crippen LogP contribution in [-0.4, -0.2) is 16.8 Å². The lowest BCUT2D eigenvalue weighted by molar-refractivity contribution is -0.116. The average Bonchev–Trinajstić information content (AvgIpc) is 3.16. The van der Waals surface area contributed by atoms with E-state index in [1.165, 1.54) is 11.3 Å². The van der Waals surface area contributed by atoms with Gasteiger partial charge in [0.25, 0.3) is 5.91 Å². The van der Waals surface area contributed by atoms with Crippen molar-refractivity contribution in [3.8, 4) is 0 Å². The molecular formula is C23H18ClN3O2S. The molecule has 3 aromatic carbocycles. The van der Waals surface area contributed by atoms with Crippen LogP contribution in [-0.2, 0) is 4.79 Å². The zero-order valence-electron chi connectivity index (χ0n) is 15.8. The highest BCUT2D eigenvalue weighted by Gasteiger charge is 2.21. The summed E-state index contributed by atoms with van der Waals surface area (Å²) in [5, 5.41) is 6.67. The third kappa shape index (κ3) is 4.67. The average molecular weight is 436 g/mol. The second-order valence-corrected chi connectivity index (χ2v) is 8.09. The van der Waals surface area contributed by atoms with Crippen molar-refractivity contribution in [2.24, 2.45) is 0 Å². The number of thiazole rings is 1. The number of aromatic nitrogens is 1. The first-order valence-corrected chi connectivity index (χ1v) is 10.6. The van der Waals surface area contributed by atoms with E-state index in [1.807, 2.05) is 54.6 Å². The van der Waals surface area contributed by atoms with Crippen molar-refractivity contribution < 1.29 is 9.59 Å². The maximum atomic E-state index is 12.8. The first-order chi connectivity index (χ1) is 14.6. The standard InChI is InChI=1S/C23H18ClN3O2S/c24-17-11-5-4-10-16(17)22(29)25-19(15-8-2-1-3-9-15)14-21(28)27-23-26-18-12-6-7-13-20(18)30-23/h1-13,19H,14H2,(H,25,29)(H,26,27,28)/t19-/m0/s1. The van der Waals surface area contributed by atoms with Gasteiger partial charge in [0, 0.05) is 0 Å². The van der Waals surface area contributed by atoms with Crippen LogP contribution in [0.3, 0.4) is 0 Å². The third-order valence-corrected chi connectivity index (χ3v) is 5.84. The van der Waals surface area contributed by atoms with Gasteiger partial charge in [-0.3, -0.25) is 9.59 Å². The Morgan fingerprint density at radius 3 is 2.40 bits per heavy atom. The molecule has 0 bridgehead atoms. The Morgan fingerprint density at radius 1 is 0.933 bits per heavy atom. The number of para-hydroxylation sites is 1. The molecule has 4 aromatic rings. The molecule has 1 aromatic heterocycles. The van der Waals surface area contributed by atoms with E-state index in [2.05, 4.69) is 15.6 Å². The van der Waals surface area contributed by atoms with Crippen LogP contribution >= 0.6 is 22.9 Å². The van der Waals surface area contributed by atoms with E-state index < -0.39 is 6.04 Å². The number of anilines is 1. The number of benzene rings is 3. The van der Waals surface area contributed by atoms with Crippen LogP contribution in [0.15, 0.2) is 78.9 Å². The van der Waals surface area contributed by atoms with Gasteiger partial charge in [-0.2, -0.15) is 0 Å². The number of nitrogens with zero attached hydrogens (tertiary/aromatic N) is 1. The molecular weight excluding hydrogens is 418 g/mol. The van der Waals surface area contributed by atoms with Gasteiger partial charge in [-0.15, -0.1) is 0 Å². The molecule has 5 nitrogen and oxygen atoms in total. The van der Waals surface area contributed by atoms with Crippen molar-refractivity contribution in [1.29, 1.82) is 0 Å². The molecule has 1 heterocycles. The van der Waals surface area contributed by atoms with Crippen molar-refractivity contribution in [3.63, 3.8) is 0 Å². The monoisotopic (exact) mass is 435 g/mol. The van der Waals surface area contributed by atoms with Crippen LogP contribution in [0.2, 0.25) is 5.02 Å². The SMILES string of the molecule is O=C(C[C@H](NC(=O)c1ccccc1Cl)c1ccccc1)Nc1nc2ccccc2s1. The Morgan fingerprint density at radius 2 is 1.63 bits per heavy atom. The van der Waals surface area contributed by atoms with Gasteiger partial charge in [-0.1, -0.05) is 77.5 Å². The Hall–Kier alpha value is -3.22. The van der Waals surface area contributed by atoms with Crippen LogP contribution in [0.1, 0.15) is 28.4 Å². The molecule has 2 amide bonds. The van der Waals surface area contributed by atoms with Gasteiger partial charge in [0.2, 0.25) is 5.91 Å². The number of rotatable bonds is 6. The smallest absolute Gasteiger partial charge is 0.253 e. The van der Waals surface area contributed by atoms with Gasteiger partial charge in [0.15, 0.2) is 5.13 Å². The summed E-state index contributed by atoms with van der Waals surface area (Å²) in [7, 11) is 0. The normalized spacial score (nSPS) is 11.8. The molecule has 0 aliphatic rings. The molecule has 150 valence electrons. The lowest BCUT2D eigenvalue weighted by atomic mass is 10.0. The summed E-state index contributed by atoms with van der Waals surface area (Å²) in [6, 6.07) is 23.4. The summed E-state index contributed by atoms with van der Waals surface area (Å²) in [6.45, 7) is 0. The van der Waals surface area contributed by atoms with Crippen LogP contribution < -0.4 is 10.6 Å². The number of carbonyl (C=O) groups excluding carboxylic acids is 2. The molecule has 7 heteroatoms. The van der Waals surface area contributed by atoms with E-state index in [9.17, 15) is 9.59 Å². The second-order valence-electron chi connectivity index (χ2n) is 6.66. The van der Waals surface area contributed by atoms with Crippen LogP contribution in [0.5, 0.6) is 0 Å². The highest BCUT2D eigenvalue weighted by Crippen LogP contribution is 2.26. The van der Waals surface area contributed by atoms with Crippen molar-refractivity contribution >= 4 is 50.1 Å². The molecule has 30 heavy (non-hydrogen) atoms. The van der Waals surface area contributed by atoms with E-state index in [1.54, 1.807) is 24.3 Å². The molecule has 0 aliphatic heterocycles. The van der Waals surface area contributed by atoms with E-state index >= 15 is 0 Å². The number of hydrogen-bond donors (Lipinski definition) is 2. The number of halogens is 1. The summed E-state index contributed by atoms with van der Waals surface area (Å²) in [4.78, 5) is 29.9. The summed E-state index contributed by atoms with van der Waals surface area (Å²) >= 11 is 7.57. The predicted molar refractivity (Wildman–Crippen MR) is 121 cm³/mol. The summed E-state index contributed by atoms with van der Waals surface area (Å²) in [6.07, 6.45) is 0.0656. The van der Waals surface area contributed by atoms with Gasteiger partial charge < -0.3 is 10.6 Å². The molecule has 0 aliphatic carbocycles. The molecule has 0 spiro atoms. The van der Waals surface area contributed by atoms with E-state index in [4.69, 9.17) is 11.6 Å². The van der Waals surface area contributed by atoms with Crippen LogP contribution in [0.4, 0.5) is 5.13 Å². The number of carbonyl (C=O) groups is 2. The van der Waals surface area contributed by atoms with Gasteiger partial charge in [-0.05, 0) is 29.8 Å². The molecule has 1 atom stereocenters. The molecule has 0 saturated heterocycles. The Bertz CT molecular complexity index is 1160. The molecule has 0 fully saturated rings. The maximum Gasteiger partial charge on any atom is 0.253 e. The van der Waals surface area contributed by atoms with Crippen molar-refractivity contribution in [3.05, 3.63) is 95.0 Å². The number of nitrogens with one attached hydrogen (secondary N) is 2. The number of fused-ring (bicyclic) bond motifs is 1. The fourth-order valence-corrected chi connectivity index (χ4v) is 4.20. The highest BCUT2D eigenvalue weighted by atomic mass is 35.5. The summed E-state index contributed by atoms with van der Waals surface area (Å²) in [5.41, 5.74) is 2.04. The lowest BCUT2D eigenvalue weighted by Gasteiger charge is -2.19. The maximum absolute atomic E-state index is 12.8. The van der Waals surface area contributed by atoms with Gasteiger partial charge >= 0.3 is 0 Å². The number of hydrogen-bond acceptors (Lipinski definition) is 4. The minimum Gasteiger partial charge on any atom is -0.345 e. The molecule has 0 saturated carbocycles. The minimum atomic E-state index is -0.510. The predicted octanol–water partition coefficient (Wildman–Crippen LogP) is 5.45. The fraction of sp³-hybridized carbons (Fsp3) is 0.0870. The van der Waals surface area contributed by atoms with Gasteiger partial charge in [0.1, 0.15) is 0 Å². The van der Waals surface area contributed by atoms with Crippen molar-refractivity contribution in [1.82, 2.24) is 10.3 Å². The summed E-state index contributed by atoms with van der Waals surface area (Å²) < 4.78 is 0.999. The Labute approximate surface area is 182 Å². The molecule has 4 rings (SSSR count). The van der Waals surface area contributed by atoms with Crippen LogP contribution in [0.25, 0.3) is 10.2 Å². The molecule has 0 radical (unpaired) electrons. The highest BCUT2D eigenvalue weighted by molar-refractivity contribution is 7.22. The zero-order chi connectivity index (χ0) is 20.9. The second kappa shape index (κ2) is 9.07. The number of amides is 2.